The maximum absolute atomic E-state index is 10.8. The molecule has 0 saturated heterocycles. The van der Waals surface area contributed by atoms with Crippen LogP contribution in [0, 0.1) is 0 Å². The summed E-state index contributed by atoms with van der Waals surface area (Å²) in [5.41, 5.74) is 2.32. The number of hydrogen-bond donors (Lipinski definition) is 1. The minimum absolute atomic E-state index is 0.756. The number of rotatable bonds is 3. The topological polar surface area (TPSA) is 54.6 Å². The second kappa shape index (κ2) is 5.22. The summed E-state index contributed by atoms with van der Waals surface area (Å²) >= 11 is 4.99. The molecule has 6 heteroatoms. The Morgan fingerprint density at radius 1 is 1.40 bits per heavy atom. The Balaban J connectivity index is 2.28. The van der Waals surface area contributed by atoms with Gasteiger partial charge in [-0.1, -0.05) is 6.07 Å². The number of fused-ring (bicyclic) bond motifs is 1. The fourth-order valence-corrected chi connectivity index (χ4v) is 3.00. The zero-order valence-electron chi connectivity index (χ0n) is 10.2. The van der Waals surface area contributed by atoms with Crippen LogP contribution >= 0.6 is 27.3 Å². The average molecular weight is 349 g/mol. The first-order chi connectivity index (χ1) is 9.65. The van der Waals surface area contributed by atoms with Gasteiger partial charge in [-0.05, 0) is 45.6 Å². The summed E-state index contributed by atoms with van der Waals surface area (Å²) in [7, 11) is 0. The van der Waals surface area contributed by atoms with E-state index in [4.69, 9.17) is 5.11 Å². The number of thiophene rings is 1. The van der Waals surface area contributed by atoms with Gasteiger partial charge >= 0.3 is 5.97 Å². The lowest BCUT2D eigenvalue weighted by Crippen LogP contribution is -1.90. The van der Waals surface area contributed by atoms with Crippen molar-refractivity contribution in [1.29, 1.82) is 0 Å². The molecule has 4 nitrogen and oxygen atoms in total. The molecule has 3 rings (SSSR count). The maximum Gasteiger partial charge on any atom is 0.328 e. The molecule has 1 N–H and O–H groups in total. The molecule has 0 fully saturated rings. The van der Waals surface area contributed by atoms with Gasteiger partial charge in [-0.2, -0.15) is 0 Å². The molecule has 3 aromatic rings. The van der Waals surface area contributed by atoms with E-state index in [9.17, 15) is 4.79 Å². The molecule has 0 radical (unpaired) electrons. The molecule has 0 unspecified atom stereocenters. The fraction of sp³-hybridized carbons (Fsp3) is 0. The number of pyridine rings is 1. The van der Waals surface area contributed by atoms with E-state index < -0.39 is 5.97 Å². The smallest absolute Gasteiger partial charge is 0.328 e. The Bertz CT molecular complexity index is 806. The van der Waals surface area contributed by atoms with Gasteiger partial charge in [0.2, 0.25) is 0 Å². The van der Waals surface area contributed by atoms with Gasteiger partial charge in [-0.25, -0.2) is 9.78 Å². The summed E-state index contributed by atoms with van der Waals surface area (Å²) in [6.45, 7) is 0. The highest BCUT2D eigenvalue weighted by Gasteiger charge is 2.13. The van der Waals surface area contributed by atoms with Crippen LogP contribution in [0.1, 0.15) is 5.69 Å². The first-order valence-electron chi connectivity index (χ1n) is 5.77. The molecule has 3 heterocycles. The SMILES string of the molecule is O=C(O)/C=C/c1c(-c2cccs2)nc2ccc(Br)cn12. The van der Waals surface area contributed by atoms with Crippen molar-refractivity contribution in [3.05, 3.63) is 52.1 Å². The first-order valence-corrected chi connectivity index (χ1v) is 7.45. The van der Waals surface area contributed by atoms with Crippen molar-refractivity contribution in [1.82, 2.24) is 9.38 Å². The number of imidazole rings is 1. The van der Waals surface area contributed by atoms with Crippen molar-refractivity contribution < 1.29 is 9.90 Å². The molecule has 0 amide bonds. The van der Waals surface area contributed by atoms with E-state index in [0.29, 0.717) is 0 Å². The van der Waals surface area contributed by atoms with Crippen LogP contribution in [0.2, 0.25) is 0 Å². The molecule has 0 aliphatic rings. The Hall–Kier alpha value is -1.92. The number of nitrogens with zero attached hydrogens (tertiary/aromatic N) is 2. The van der Waals surface area contributed by atoms with Crippen molar-refractivity contribution in [2.75, 3.05) is 0 Å². The monoisotopic (exact) mass is 348 g/mol. The number of hydrogen-bond acceptors (Lipinski definition) is 3. The van der Waals surface area contributed by atoms with E-state index in [-0.39, 0.29) is 0 Å². The molecule has 0 bridgehead atoms. The normalized spacial score (nSPS) is 11.4. The van der Waals surface area contributed by atoms with Crippen molar-refractivity contribution >= 4 is 45.0 Å². The van der Waals surface area contributed by atoms with Gasteiger partial charge in [0.05, 0.1) is 10.6 Å². The minimum Gasteiger partial charge on any atom is -0.478 e. The lowest BCUT2D eigenvalue weighted by atomic mass is 10.2. The molecule has 0 aromatic carbocycles. The summed E-state index contributed by atoms with van der Waals surface area (Å²) in [6, 6.07) is 7.72. The van der Waals surface area contributed by atoms with Crippen LogP contribution in [0.5, 0.6) is 0 Å². The minimum atomic E-state index is -0.980. The van der Waals surface area contributed by atoms with Crippen LogP contribution in [0.25, 0.3) is 22.3 Å². The Morgan fingerprint density at radius 2 is 2.25 bits per heavy atom. The summed E-state index contributed by atoms with van der Waals surface area (Å²) in [5, 5.41) is 10.8. The lowest BCUT2D eigenvalue weighted by molar-refractivity contribution is -0.131. The van der Waals surface area contributed by atoms with Crippen LogP contribution < -0.4 is 0 Å². The number of carbonyl (C=O) groups is 1. The van der Waals surface area contributed by atoms with E-state index >= 15 is 0 Å². The van der Waals surface area contributed by atoms with E-state index in [0.717, 1.165) is 32.5 Å². The molecule has 0 aliphatic heterocycles. The highest BCUT2D eigenvalue weighted by atomic mass is 79.9. The quantitative estimate of drug-likeness (QED) is 0.729. The number of aliphatic carboxylic acids is 1. The fourth-order valence-electron chi connectivity index (χ4n) is 1.94. The van der Waals surface area contributed by atoms with Crippen molar-refractivity contribution in [3.8, 4) is 10.6 Å². The Morgan fingerprint density at radius 3 is 2.95 bits per heavy atom. The largest absolute Gasteiger partial charge is 0.478 e. The van der Waals surface area contributed by atoms with Gasteiger partial charge in [0.1, 0.15) is 11.3 Å². The zero-order valence-corrected chi connectivity index (χ0v) is 12.6. The molecule has 0 atom stereocenters. The molecule has 3 aromatic heterocycles. The van der Waals surface area contributed by atoms with Crippen molar-refractivity contribution in [3.63, 3.8) is 0 Å². The maximum atomic E-state index is 10.8. The molecular formula is C14H9BrN2O2S. The number of aromatic nitrogens is 2. The second-order valence-electron chi connectivity index (χ2n) is 4.07. The van der Waals surface area contributed by atoms with Gasteiger partial charge in [0.25, 0.3) is 0 Å². The van der Waals surface area contributed by atoms with Gasteiger partial charge < -0.3 is 5.11 Å². The van der Waals surface area contributed by atoms with E-state index in [2.05, 4.69) is 20.9 Å². The van der Waals surface area contributed by atoms with Crippen LogP contribution in [0.3, 0.4) is 0 Å². The third-order valence-electron chi connectivity index (χ3n) is 2.76. The number of carboxylic acid groups (broad SMARTS) is 1. The molecule has 0 spiro atoms. The predicted octanol–water partition coefficient (Wildman–Crippen LogP) is 3.92. The lowest BCUT2D eigenvalue weighted by Gasteiger charge is -1.99. The molecule has 20 heavy (non-hydrogen) atoms. The second-order valence-corrected chi connectivity index (χ2v) is 5.93. The Labute approximate surface area is 127 Å². The van der Waals surface area contributed by atoms with Gasteiger partial charge in [0.15, 0.2) is 0 Å². The third-order valence-corrected chi connectivity index (χ3v) is 4.10. The highest BCUT2D eigenvalue weighted by Crippen LogP contribution is 2.29. The zero-order chi connectivity index (χ0) is 14.1. The molecular weight excluding hydrogens is 340 g/mol. The predicted molar refractivity (Wildman–Crippen MR) is 82.9 cm³/mol. The number of carboxylic acids is 1. The molecule has 100 valence electrons. The Kier molecular flexibility index (Phi) is 3.42. The first kappa shape index (κ1) is 13.1. The van der Waals surface area contributed by atoms with Crippen LogP contribution in [-0.4, -0.2) is 20.5 Å². The molecule has 0 aliphatic carbocycles. The van der Waals surface area contributed by atoms with E-state index in [1.165, 1.54) is 0 Å². The third kappa shape index (κ3) is 2.39. The van der Waals surface area contributed by atoms with Gasteiger partial charge in [0, 0.05) is 16.7 Å². The summed E-state index contributed by atoms with van der Waals surface area (Å²) < 4.78 is 2.78. The highest BCUT2D eigenvalue weighted by molar-refractivity contribution is 9.10. The van der Waals surface area contributed by atoms with Crippen LogP contribution in [0.15, 0.2) is 46.4 Å². The summed E-state index contributed by atoms with van der Waals surface area (Å²) in [6.07, 6.45) is 4.58. The average Bonchev–Trinajstić information content (AvgIpc) is 3.02. The van der Waals surface area contributed by atoms with Gasteiger partial charge in [-0.15, -0.1) is 11.3 Å². The van der Waals surface area contributed by atoms with Gasteiger partial charge in [-0.3, -0.25) is 4.40 Å². The number of halogens is 1. The van der Waals surface area contributed by atoms with E-state index in [1.807, 2.05) is 40.2 Å². The summed E-state index contributed by atoms with van der Waals surface area (Å²) in [5.74, 6) is -0.980. The summed E-state index contributed by atoms with van der Waals surface area (Å²) in [4.78, 5) is 16.4. The van der Waals surface area contributed by atoms with E-state index in [1.54, 1.807) is 17.4 Å². The van der Waals surface area contributed by atoms with Crippen LogP contribution in [-0.2, 0) is 4.79 Å². The molecule has 0 saturated carbocycles. The van der Waals surface area contributed by atoms with Crippen molar-refractivity contribution in [2.24, 2.45) is 0 Å². The van der Waals surface area contributed by atoms with Crippen LogP contribution in [0.4, 0.5) is 0 Å². The van der Waals surface area contributed by atoms with Crippen molar-refractivity contribution in [2.45, 2.75) is 0 Å². The standard InChI is InChI=1S/C14H9BrN2O2S/c15-9-3-5-12-16-14(11-2-1-7-20-11)10(17(12)8-9)4-6-13(18)19/h1-8H,(H,18,19)/b6-4+.